The maximum atomic E-state index is 11.8. The van der Waals surface area contributed by atoms with E-state index in [1.807, 2.05) is 13.8 Å². The molecule has 0 amide bonds. The van der Waals surface area contributed by atoms with Crippen LogP contribution in [-0.2, 0) is 19.1 Å². The van der Waals surface area contributed by atoms with Crippen molar-refractivity contribution < 1.29 is 24.2 Å². The highest BCUT2D eigenvalue weighted by Crippen LogP contribution is 2.20. The molecule has 0 radical (unpaired) electrons. The summed E-state index contributed by atoms with van der Waals surface area (Å²) in [6.07, 6.45) is 0.771. The molecule has 0 aromatic heterocycles. The molecule has 0 aliphatic heterocycles. The van der Waals surface area contributed by atoms with Crippen molar-refractivity contribution in [1.82, 2.24) is 0 Å². The Morgan fingerprint density at radius 3 is 2.14 bits per heavy atom. The van der Waals surface area contributed by atoms with Crippen LogP contribution in [-0.4, -0.2) is 45.0 Å². The molecule has 0 heterocycles. The minimum atomic E-state index is -1.13. The number of thioether (sulfide) groups is 2. The molecule has 7 heteroatoms. The predicted molar refractivity (Wildman–Crippen MR) is 86.6 cm³/mol. The lowest BCUT2D eigenvalue weighted by Gasteiger charge is -2.19. The minimum Gasteiger partial charge on any atom is -0.478 e. The van der Waals surface area contributed by atoms with Crippen molar-refractivity contribution in [2.75, 3.05) is 11.5 Å². The lowest BCUT2D eigenvalue weighted by Crippen LogP contribution is -2.32. The minimum absolute atomic E-state index is 0.0753. The summed E-state index contributed by atoms with van der Waals surface area (Å²) in [5.74, 6) is -1.64. The van der Waals surface area contributed by atoms with E-state index in [-0.39, 0.29) is 10.9 Å². The molecule has 0 aromatic rings. The molecule has 0 aromatic carbocycles. The summed E-state index contributed by atoms with van der Waals surface area (Å²) in [5, 5.41) is 9.43. The van der Waals surface area contributed by atoms with Crippen molar-refractivity contribution >= 4 is 40.6 Å². The van der Waals surface area contributed by atoms with E-state index in [0.29, 0.717) is 11.0 Å². The topological polar surface area (TPSA) is 80.7 Å². The average molecular weight is 336 g/mol. The van der Waals surface area contributed by atoms with Gasteiger partial charge >= 0.3 is 11.9 Å². The van der Waals surface area contributed by atoms with Gasteiger partial charge in [0.05, 0.1) is 5.92 Å². The van der Waals surface area contributed by atoms with Crippen molar-refractivity contribution in [2.24, 2.45) is 5.92 Å². The van der Waals surface area contributed by atoms with Crippen LogP contribution in [0.1, 0.15) is 40.5 Å². The van der Waals surface area contributed by atoms with Gasteiger partial charge in [0.2, 0.25) is 6.10 Å². The van der Waals surface area contributed by atoms with Crippen LogP contribution >= 0.6 is 23.5 Å². The van der Waals surface area contributed by atoms with Crippen LogP contribution < -0.4 is 0 Å². The van der Waals surface area contributed by atoms with Crippen molar-refractivity contribution in [2.45, 2.75) is 51.9 Å². The summed E-state index contributed by atoms with van der Waals surface area (Å²) in [6.45, 7) is 7.15. The van der Waals surface area contributed by atoms with Crippen molar-refractivity contribution in [3.63, 3.8) is 0 Å². The van der Waals surface area contributed by atoms with E-state index in [9.17, 15) is 14.4 Å². The molecule has 0 aliphatic rings. The Balaban J connectivity index is 4.39. The highest BCUT2D eigenvalue weighted by molar-refractivity contribution is 8.13. The highest BCUT2D eigenvalue weighted by Gasteiger charge is 2.26. The molecule has 122 valence electrons. The molecule has 0 saturated heterocycles. The number of ether oxygens (including phenoxy) is 1. The summed E-state index contributed by atoms with van der Waals surface area (Å²) in [6, 6.07) is 0. The molecule has 0 saturated carbocycles. The quantitative estimate of drug-likeness (QED) is 0.614. The smallest absolute Gasteiger partial charge is 0.345 e. The zero-order valence-electron chi connectivity index (χ0n) is 13.0. The third-order valence-electron chi connectivity index (χ3n) is 2.87. The monoisotopic (exact) mass is 336 g/mol. The van der Waals surface area contributed by atoms with E-state index in [4.69, 9.17) is 9.84 Å². The molecular formula is C14H24O5S2. The average Bonchev–Trinajstić information content (AvgIpc) is 2.43. The van der Waals surface area contributed by atoms with Gasteiger partial charge in [-0.15, -0.1) is 0 Å². The largest absolute Gasteiger partial charge is 0.478 e. The Morgan fingerprint density at radius 1 is 1.14 bits per heavy atom. The molecule has 2 atom stereocenters. The molecule has 0 unspecified atom stereocenters. The number of aliphatic carboxylic acids is 1. The lowest BCUT2D eigenvalue weighted by molar-refractivity contribution is -0.164. The number of hydrogen-bond acceptors (Lipinski definition) is 6. The summed E-state index contributed by atoms with van der Waals surface area (Å²) in [5.41, 5.74) is 0. The first-order chi connectivity index (χ1) is 9.81. The standard InChI is InChI=1S/C14H24O5S2/c1-5-11(6-2)21-8-12(13(16)17)19-14(18)9(3)7-20-10(4)15/h9,11-12H,5-8H2,1-4H3,(H,16,17)/t9-,12+/m1/s1. The van der Waals surface area contributed by atoms with E-state index in [0.717, 1.165) is 24.6 Å². The van der Waals surface area contributed by atoms with Crippen LogP contribution in [0.2, 0.25) is 0 Å². The van der Waals surface area contributed by atoms with Crippen LogP contribution in [0.4, 0.5) is 0 Å². The van der Waals surface area contributed by atoms with E-state index in [1.54, 1.807) is 6.92 Å². The number of carbonyl (C=O) groups excluding carboxylic acids is 2. The van der Waals surface area contributed by atoms with Gasteiger partial charge < -0.3 is 9.84 Å². The number of carboxylic acid groups (broad SMARTS) is 1. The molecule has 5 nitrogen and oxygen atoms in total. The molecule has 1 N–H and O–H groups in total. The van der Waals surface area contributed by atoms with Gasteiger partial charge in [-0.05, 0) is 12.8 Å². The highest BCUT2D eigenvalue weighted by atomic mass is 32.2. The Kier molecular flexibility index (Phi) is 10.6. The molecule has 0 bridgehead atoms. The fraction of sp³-hybridized carbons (Fsp3) is 0.786. The van der Waals surface area contributed by atoms with Gasteiger partial charge in [0.15, 0.2) is 5.12 Å². The Labute approximate surface area is 134 Å². The van der Waals surface area contributed by atoms with Gasteiger partial charge in [0, 0.05) is 23.7 Å². The van der Waals surface area contributed by atoms with Gasteiger partial charge in [-0.25, -0.2) is 4.79 Å². The SMILES string of the molecule is CCC(CC)SC[C@H](OC(=O)[C@H](C)CSC(C)=O)C(=O)O. The summed E-state index contributed by atoms with van der Waals surface area (Å²) < 4.78 is 5.06. The second kappa shape index (κ2) is 11.0. The van der Waals surface area contributed by atoms with Gasteiger partial charge in [0.1, 0.15) is 0 Å². The first-order valence-electron chi connectivity index (χ1n) is 6.99. The number of carboxylic acids is 1. The third kappa shape index (κ3) is 9.03. The molecule has 0 fully saturated rings. The van der Waals surface area contributed by atoms with Crippen molar-refractivity contribution in [3.05, 3.63) is 0 Å². The first-order valence-corrected chi connectivity index (χ1v) is 9.03. The van der Waals surface area contributed by atoms with Gasteiger partial charge in [0.25, 0.3) is 0 Å². The number of hydrogen-bond donors (Lipinski definition) is 1. The Hall–Kier alpha value is -0.690. The molecule has 0 spiro atoms. The number of esters is 1. The van der Waals surface area contributed by atoms with Crippen LogP contribution in [0.25, 0.3) is 0 Å². The maximum Gasteiger partial charge on any atom is 0.345 e. The zero-order valence-corrected chi connectivity index (χ0v) is 14.6. The van der Waals surface area contributed by atoms with Crippen molar-refractivity contribution in [1.29, 1.82) is 0 Å². The van der Waals surface area contributed by atoms with Gasteiger partial charge in [-0.1, -0.05) is 32.5 Å². The van der Waals surface area contributed by atoms with Gasteiger partial charge in [-0.3, -0.25) is 9.59 Å². The molecular weight excluding hydrogens is 312 g/mol. The van der Waals surface area contributed by atoms with Crippen molar-refractivity contribution in [3.8, 4) is 0 Å². The van der Waals surface area contributed by atoms with Crippen LogP contribution in [0, 0.1) is 5.92 Å². The molecule has 21 heavy (non-hydrogen) atoms. The summed E-state index contributed by atoms with van der Waals surface area (Å²) >= 11 is 2.55. The number of carbonyl (C=O) groups is 3. The van der Waals surface area contributed by atoms with Crippen LogP contribution in [0.15, 0.2) is 0 Å². The van der Waals surface area contributed by atoms with E-state index < -0.39 is 24.0 Å². The van der Waals surface area contributed by atoms with E-state index in [2.05, 4.69) is 0 Å². The fourth-order valence-corrected chi connectivity index (χ4v) is 3.22. The van der Waals surface area contributed by atoms with Crippen LogP contribution in [0.5, 0.6) is 0 Å². The second-order valence-corrected chi connectivity index (χ2v) is 7.27. The molecule has 0 aliphatic carbocycles. The predicted octanol–water partition coefficient (Wildman–Crippen LogP) is 2.82. The van der Waals surface area contributed by atoms with E-state index in [1.165, 1.54) is 18.7 Å². The zero-order chi connectivity index (χ0) is 16.4. The first kappa shape index (κ1) is 20.3. The van der Waals surface area contributed by atoms with Crippen LogP contribution in [0.3, 0.4) is 0 Å². The Morgan fingerprint density at radius 2 is 1.71 bits per heavy atom. The summed E-state index contributed by atoms with van der Waals surface area (Å²) in [4.78, 5) is 33.9. The maximum absolute atomic E-state index is 11.8. The fourth-order valence-electron chi connectivity index (χ4n) is 1.47. The normalized spacial score (nSPS) is 13.8. The summed E-state index contributed by atoms with van der Waals surface area (Å²) in [7, 11) is 0. The Bertz CT molecular complexity index is 355. The van der Waals surface area contributed by atoms with E-state index >= 15 is 0 Å². The second-order valence-electron chi connectivity index (χ2n) is 4.74. The lowest BCUT2D eigenvalue weighted by atomic mass is 10.2. The van der Waals surface area contributed by atoms with Gasteiger partial charge in [-0.2, -0.15) is 11.8 Å². The molecule has 0 rings (SSSR count). The third-order valence-corrected chi connectivity index (χ3v) is 5.57. The number of rotatable bonds is 10.